The van der Waals surface area contributed by atoms with E-state index >= 15 is 0 Å². The molecule has 0 aliphatic heterocycles. The van der Waals surface area contributed by atoms with Crippen molar-refractivity contribution in [2.24, 2.45) is 5.41 Å². The summed E-state index contributed by atoms with van der Waals surface area (Å²) in [7, 11) is 1.73. The average Bonchev–Trinajstić information content (AvgIpc) is 2.74. The topological polar surface area (TPSA) is 87.0 Å². The molecular weight excluding hydrogens is 423 g/mol. The van der Waals surface area contributed by atoms with Gasteiger partial charge in [0.15, 0.2) is 0 Å². The van der Waals surface area contributed by atoms with Crippen LogP contribution in [0.1, 0.15) is 76.0 Å². The molecular formula is C27H39FO5. The molecule has 0 saturated heterocycles. The summed E-state index contributed by atoms with van der Waals surface area (Å²) in [5.74, 6) is -1.31. The van der Waals surface area contributed by atoms with Crippen LogP contribution in [0.2, 0.25) is 0 Å². The molecule has 2 rings (SSSR count). The number of ether oxygens (including phenoxy) is 1. The van der Waals surface area contributed by atoms with Crippen molar-refractivity contribution in [3.63, 3.8) is 0 Å². The van der Waals surface area contributed by atoms with Crippen LogP contribution in [0.3, 0.4) is 0 Å². The van der Waals surface area contributed by atoms with Crippen molar-refractivity contribution in [2.75, 3.05) is 7.11 Å². The zero-order valence-electron chi connectivity index (χ0n) is 20.7. The standard InChI is InChI=1S/C27H39FO5/c1-7-27(8-2)16-26(5,33-6)15-22(19-11-17(3)25(28)18(4)12-19)23(27)10-9-20(29)13-21(30)14-24(31)32/h9-12,20-21,29-30H,7-8,13-16H2,1-6H3,(H,31,32)/b10-9+. The minimum atomic E-state index is -1.12. The maximum Gasteiger partial charge on any atom is 0.305 e. The molecule has 1 aromatic carbocycles. The van der Waals surface area contributed by atoms with Crippen LogP contribution in [-0.2, 0) is 9.53 Å². The Morgan fingerprint density at radius 3 is 2.27 bits per heavy atom. The number of aliphatic hydroxyl groups excluding tert-OH is 2. The van der Waals surface area contributed by atoms with Crippen LogP contribution in [0.15, 0.2) is 29.9 Å². The van der Waals surface area contributed by atoms with Gasteiger partial charge in [-0.1, -0.05) is 26.0 Å². The lowest BCUT2D eigenvalue weighted by molar-refractivity contribution is -0.139. The van der Waals surface area contributed by atoms with Gasteiger partial charge in [-0.2, -0.15) is 0 Å². The van der Waals surface area contributed by atoms with Crippen LogP contribution in [0.4, 0.5) is 4.39 Å². The van der Waals surface area contributed by atoms with Crippen molar-refractivity contribution in [3.8, 4) is 0 Å². The van der Waals surface area contributed by atoms with Crippen LogP contribution in [0.5, 0.6) is 0 Å². The van der Waals surface area contributed by atoms with Crippen molar-refractivity contribution < 1.29 is 29.2 Å². The molecule has 0 aromatic heterocycles. The highest BCUT2D eigenvalue weighted by Crippen LogP contribution is 2.53. The molecule has 3 N–H and O–H groups in total. The van der Waals surface area contributed by atoms with E-state index in [4.69, 9.17) is 9.84 Å². The molecule has 0 bridgehead atoms. The monoisotopic (exact) mass is 462 g/mol. The Labute approximate surface area is 197 Å². The van der Waals surface area contributed by atoms with Crippen molar-refractivity contribution in [2.45, 2.75) is 91.0 Å². The molecule has 1 aliphatic rings. The number of carboxylic acid groups (broad SMARTS) is 1. The van der Waals surface area contributed by atoms with Crippen molar-refractivity contribution >= 4 is 11.5 Å². The largest absolute Gasteiger partial charge is 0.481 e. The van der Waals surface area contributed by atoms with Crippen molar-refractivity contribution in [3.05, 3.63) is 52.4 Å². The van der Waals surface area contributed by atoms with Gasteiger partial charge in [-0.05, 0) is 85.4 Å². The summed E-state index contributed by atoms with van der Waals surface area (Å²) < 4.78 is 20.4. The van der Waals surface area contributed by atoms with Crippen LogP contribution in [-0.4, -0.2) is 46.2 Å². The molecule has 5 nitrogen and oxygen atoms in total. The summed E-state index contributed by atoms with van der Waals surface area (Å²) in [6, 6.07) is 3.74. The normalized spacial score (nSPS) is 22.6. The zero-order valence-corrected chi connectivity index (χ0v) is 20.7. The first-order chi connectivity index (χ1) is 15.4. The smallest absolute Gasteiger partial charge is 0.305 e. The molecule has 184 valence electrons. The highest BCUT2D eigenvalue weighted by Gasteiger charge is 2.44. The third kappa shape index (κ3) is 6.31. The number of rotatable bonds is 10. The molecule has 6 heteroatoms. The molecule has 1 aromatic rings. The van der Waals surface area contributed by atoms with Gasteiger partial charge in [0, 0.05) is 20.0 Å². The number of aryl methyl sites for hydroxylation is 2. The number of benzene rings is 1. The number of allylic oxidation sites excluding steroid dienone is 2. The van der Waals surface area contributed by atoms with E-state index < -0.39 is 24.6 Å². The van der Waals surface area contributed by atoms with Crippen LogP contribution in [0.25, 0.3) is 5.57 Å². The predicted molar refractivity (Wildman–Crippen MR) is 128 cm³/mol. The fourth-order valence-electron chi connectivity index (χ4n) is 5.19. The maximum atomic E-state index is 14.4. The zero-order chi connectivity index (χ0) is 25.0. The van der Waals surface area contributed by atoms with E-state index in [0.717, 1.165) is 36.0 Å². The van der Waals surface area contributed by atoms with E-state index in [1.807, 2.05) is 18.2 Å². The van der Waals surface area contributed by atoms with Gasteiger partial charge in [0.1, 0.15) is 5.82 Å². The fourth-order valence-corrected chi connectivity index (χ4v) is 5.19. The summed E-state index contributed by atoms with van der Waals surface area (Å²) in [4.78, 5) is 10.8. The first-order valence-electron chi connectivity index (χ1n) is 11.7. The Hall–Kier alpha value is -2.02. The molecule has 0 saturated carbocycles. The second-order valence-electron chi connectivity index (χ2n) is 9.73. The number of hydrogen-bond acceptors (Lipinski definition) is 4. The van der Waals surface area contributed by atoms with E-state index in [1.165, 1.54) is 0 Å². The average molecular weight is 463 g/mol. The van der Waals surface area contributed by atoms with Crippen LogP contribution >= 0.6 is 0 Å². The molecule has 1 aliphatic carbocycles. The molecule has 0 spiro atoms. The van der Waals surface area contributed by atoms with E-state index in [9.17, 15) is 19.4 Å². The van der Waals surface area contributed by atoms with Gasteiger partial charge in [-0.15, -0.1) is 0 Å². The van der Waals surface area contributed by atoms with Crippen LogP contribution < -0.4 is 0 Å². The van der Waals surface area contributed by atoms with E-state index in [2.05, 4.69) is 20.8 Å². The second kappa shape index (κ2) is 10.9. The van der Waals surface area contributed by atoms with Gasteiger partial charge < -0.3 is 20.1 Å². The lowest BCUT2D eigenvalue weighted by atomic mass is 9.61. The number of halogens is 1. The summed E-state index contributed by atoms with van der Waals surface area (Å²) in [5, 5.41) is 29.2. The molecule has 0 heterocycles. The highest BCUT2D eigenvalue weighted by molar-refractivity contribution is 5.75. The number of carboxylic acids is 1. The SMILES string of the molecule is CCC1(CC)CC(C)(OC)CC(c2cc(C)c(F)c(C)c2)=C1/C=C/C(O)CC(O)CC(=O)O. The molecule has 0 radical (unpaired) electrons. The summed E-state index contributed by atoms with van der Waals surface area (Å²) >= 11 is 0. The third-order valence-corrected chi connectivity index (χ3v) is 7.20. The first-order valence-corrected chi connectivity index (χ1v) is 11.7. The fraction of sp³-hybridized carbons (Fsp3) is 0.593. The van der Waals surface area contributed by atoms with Crippen LogP contribution in [0, 0.1) is 25.1 Å². The maximum absolute atomic E-state index is 14.4. The van der Waals surface area contributed by atoms with Crippen molar-refractivity contribution in [1.82, 2.24) is 0 Å². The molecule has 0 fully saturated rings. The van der Waals surface area contributed by atoms with Crippen molar-refractivity contribution in [1.29, 1.82) is 0 Å². The number of methoxy groups -OCH3 is 1. The Morgan fingerprint density at radius 1 is 1.21 bits per heavy atom. The Balaban J connectivity index is 2.62. The van der Waals surface area contributed by atoms with E-state index in [0.29, 0.717) is 17.5 Å². The lowest BCUT2D eigenvalue weighted by Crippen LogP contribution is -2.41. The number of carbonyl (C=O) groups is 1. The number of aliphatic hydroxyl groups is 2. The molecule has 33 heavy (non-hydrogen) atoms. The van der Waals surface area contributed by atoms with E-state index in [-0.39, 0.29) is 23.3 Å². The molecule has 3 unspecified atom stereocenters. The minimum absolute atomic E-state index is 0.0544. The number of hydrogen-bond donors (Lipinski definition) is 3. The van der Waals surface area contributed by atoms with Gasteiger partial charge in [0.25, 0.3) is 0 Å². The first kappa shape index (κ1) is 27.2. The lowest BCUT2D eigenvalue weighted by Gasteiger charge is -2.47. The van der Waals surface area contributed by atoms with Gasteiger partial charge in [-0.3, -0.25) is 4.79 Å². The minimum Gasteiger partial charge on any atom is -0.481 e. The summed E-state index contributed by atoms with van der Waals surface area (Å²) in [5.41, 5.74) is 3.67. The third-order valence-electron chi connectivity index (χ3n) is 7.20. The Morgan fingerprint density at radius 2 is 1.79 bits per heavy atom. The van der Waals surface area contributed by atoms with E-state index in [1.54, 1.807) is 27.0 Å². The van der Waals surface area contributed by atoms with Gasteiger partial charge in [-0.25, -0.2) is 4.39 Å². The Bertz CT molecular complexity index is 892. The molecule has 3 atom stereocenters. The quantitative estimate of drug-likeness (QED) is 0.437. The second-order valence-corrected chi connectivity index (χ2v) is 9.73. The number of aliphatic carboxylic acids is 1. The van der Waals surface area contributed by atoms with Gasteiger partial charge in [0.2, 0.25) is 0 Å². The molecule has 0 amide bonds. The summed E-state index contributed by atoms with van der Waals surface area (Å²) in [6.07, 6.45) is 4.18. The Kier molecular flexibility index (Phi) is 9.02. The predicted octanol–water partition coefficient (Wildman–Crippen LogP) is 5.34. The van der Waals surface area contributed by atoms with Gasteiger partial charge in [0.05, 0.1) is 24.2 Å². The van der Waals surface area contributed by atoms with Gasteiger partial charge >= 0.3 is 5.97 Å². The highest BCUT2D eigenvalue weighted by atomic mass is 19.1. The summed E-state index contributed by atoms with van der Waals surface area (Å²) in [6.45, 7) is 9.92.